The van der Waals surface area contributed by atoms with Gasteiger partial charge in [-0.25, -0.2) is 4.79 Å². The van der Waals surface area contributed by atoms with Gasteiger partial charge in [-0.15, -0.1) is 0 Å². The van der Waals surface area contributed by atoms with Crippen molar-refractivity contribution >= 4 is 6.09 Å². The number of carboxylic acid groups (broad SMARTS) is 1. The standard InChI is InChI=1S/C17H23NO3/c1-12(2)13-3-5-14(6-4-13)17(21)8-7-16(9-17)10-18(11-16)15(19)20/h3-6,12,21H,7-11H2,1-2H3,(H,19,20). The molecule has 1 spiro atoms. The molecule has 0 radical (unpaired) electrons. The van der Waals surface area contributed by atoms with Crippen LogP contribution in [0, 0.1) is 5.41 Å². The summed E-state index contributed by atoms with van der Waals surface area (Å²) >= 11 is 0. The quantitative estimate of drug-likeness (QED) is 0.879. The number of carbonyl (C=O) groups is 1. The van der Waals surface area contributed by atoms with Crippen LogP contribution in [0.25, 0.3) is 0 Å². The van der Waals surface area contributed by atoms with Gasteiger partial charge < -0.3 is 15.1 Å². The fourth-order valence-corrected chi connectivity index (χ4v) is 3.86. The predicted octanol–water partition coefficient (Wildman–Crippen LogP) is 3.16. The van der Waals surface area contributed by atoms with E-state index in [0.717, 1.165) is 18.4 Å². The molecule has 3 rings (SSSR count). The van der Waals surface area contributed by atoms with Crippen LogP contribution in [0.3, 0.4) is 0 Å². The van der Waals surface area contributed by atoms with E-state index in [9.17, 15) is 9.90 Å². The highest BCUT2D eigenvalue weighted by molar-refractivity contribution is 5.66. The van der Waals surface area contributed by atoms with Crippen molar-refractivity contribution in [2.75, 3.05) is 13.1 Å². The summed E-state index contributed by atoms with van der Waals surface area (Å²) in [6, 6.07) is 8.24. The molecule has 2 N–H and O–H groups in total. The maximum Gasteiger partial charge on any atom is 0.407 e. The van der Waals surface area contributed by atoms with Crippen molar-refractivity contribution in [1.29, 1.82) is 0 Å². The third-order valence-corrected chi connectivity index (χ3v) is 5.17. The number of benzene rings is 1. The second-order valence-corrected chi connectivity index (χ2v) is 7.12. The number of aliphatic hydroxyl groups is 1. The molecule has 1 aliphatic carbocycles. The van der Waals surface area contributed by atoms with Crippen LogP contribution in [0.5, 0.6) is 0 Å². The molecule has 1 aliphatic heterocycles. The Balaban J connectivity index is 1.73. The van der Waals surface area contributed by atoms with Crippen LogP contribution in [-0.2, 0) is 5.60 Å². The van der Waals surface area contributed by atoms with Crippen molar-refractivity contribution < 1.29 is 15.0 Å². The second kappa shape index (κ2) is 4.73. The molecule has 0 aromatic heterocycles. The summed E-state index contributed by atoms with van der Waals surface area (Å²) in [5.74, 6) is 0.486. The average molecular weight is 289 g/mol. The molecule has 1 aromatic carbocycles. The van der Waals surface area contributed by atoms with E-state index in [4.69, 9.17) is 5.11 Å². The molecule has 0 bridgehead atoms. The lowest BCUT2D eigenvalue weighted by Gasteiger charge is -2.47. The molecule has 4 nitrogen and oxygen atoms in total. The van der Waals surface area contributed by atoms with E-state index in [1.54, 1.807) is 0 Å². The van der Waals surface area contributed by atoms with Gasteiger partial charge in [0.2, 0.25) is 0 Å². The molecule has 1 heterocycles. The first-order chi connectivity index (χ1) is 9.84. The summed E-state index contributed by atoms with van der Waals surface area (Å²) in [6.07, 6.45) is 1.45. The van der Waals surface area contributed by atoms with E-state index in [2.05, 4.69) is 26.0 Å². The van der Waals surface area contributed by atoms with Gasteiger partial charge >= 0.3 is 6.09 Å². The molecule has 1 saturated heterocycles. The highest BCUT2D eigenvalue weighted by Gasteiger charge is 2.55. The molecule has 2 aliphatic rings. The van der Waals surface area contributed by atoms with Gasteiger partial charge in [-0.3, -0.25) is 0 Å². The number of hydrogen-bond acceptors (Lipinski definition) is 2. The van der Waals surface area contributed by atoms with Gasteiger partial charge in [-0.1, -0.05) is 38.1 Å². The van der Waals surface area contributed by atoms with Crippen LogP contribution in [0.4, 0.5) is 4.79 Å². The fourth-order valence-electron chi connectivity index (χ4n) is 3.86. The van der Waals surface area contributed by atoms with E-state index in [-0.39, 0.29) is 5.41 Å². The number of likely N-dealkylation sites (tertiary alicyclic amines) is 1. The first-order valence-electron chi connectivity index (χ1n) is 7.64. The molecule has 1 aromatic rings. The van der Waals surface area contributed by atoms with Crippen molar-refractivity contribution in [2.24, 2.45) is 5.41 Å². The van der Waals surface area contributed by atoms with Crippen LogP contribution in [0.15, 0.2) is 24.3 Å². The van der Waals surface area contributed by atoms with Crippen LogP contribution in [-0.4, -0.2) is 34.3 Å². The summed E-state index contributed by atoms with van der Waals surface area (Å²) in [7, 11) is 0. The lowest BCUT2D eigenvalue weighted by Crippen LogP contribution is -2.57. The lowest BCUT2D eigenvalue weighted by molar-refractivity contribution is -0.0222. The molecule has 21 heavy (non-hydrogen) atoms. The Bertz CT molecular complexity index is 546. The Morgan fingerprint density at radius 3 is 2.33 bits per heavy atom. The smallest absolute Gasteiger partial charge is 0.407 e. The van der Waals surface area contributed by atoms with Crippen molar-refractivity contribution in [3.8, 4) is 0 Å². The fraction of sp³-hybridized carbons (Fsp3) is 0.588. The third-order valence-electron chi connectivity index (χ3n) is 5.17. The van der Waals surface area contributed by atoms with Crippen LogP contribution < -0.4 is 0 Å². The summed E-state index contributed by atoms with van der Waals surface area (Å²) in [4.78, 5) is 12.4. The number of nitrogens with zero attached hydrogens (tertiary/aromatic N) is 1. The van der Waals surface area contributed by atoms with Crippen molar-refractivity contribution in [3.63, 3.8) is 0 Å². The predicted molar refractivity (Wildman–Crippen MR) is 80.3 cm³/mol. The van der Waals surface area contributed by atoms with E-state index in [1.807, 2.05) is 12.1 Å². The lowest BCUT2D eigenvalue weighted by atomic mass is 9.76. The van der Waals surface area contributed by atoms with Gasteiger partial charge in [0.15, 0.2) is 0 Å². The Kier molecular flexibility index (Phi) is 3.24. The zero-order chi connectivity index (χ0) is 15.3. The topological polar surface area (TPSA) is 60.8 Å². The summed E-state index contributed by atoms with van der Waals surface area (Å²) in [5.41, 5.74) is 1.44. The van der Waals surface area contributed by atoms with Crippen molar-refractivity contribution in [3.05, 3.63) is 35.4 Å². The van der Waals surface area contributed by atoms with Crippen LogP contribution in [0.1, 0.15) is 50.2 Å². The molecule has 1 unspecified atom stereocenters. The molecule has 1 saturated carbocycles. The van der Waals surface area contributed by atoms with Gasteiger partial charge in [0, 0.05) is 18.5 Å². The van der Waals surface area contributed by atoms with E-state index >= 15 is 0 Å². The van der Waals surface area contributed by atoms with Gasteiger partial charge in [0.1, 0.15) is 0 Å². The minimum absolute atomic E-state index is 0.0101. The summed E-state index contributed by atoms with van der Waals surface area (Å²) in [6.45, 7) is 5.44. The Labute approximate surface area is 125 Å². The zero-order valence-electron chi connectivity index (χ0n) is 12.7. The summed E-state index contributed by atoms with van der Waals surface area (Å²) < 4.78 is 0. The highest BCUT2D eigenvalue weighted by Crippen LogP contribution is 2.53. The monoisotopic (exact) mass is 289 g/mol. The SMILES string of the molecule is CC(C)c1ccc(C2(O)CCC3(CN(C(=O)O)C3)C2)cc1. The number of amides is 1. The number of rotatable bonds is 2. The van der Waals surface area contributed by atoms with Gasteiger partial charge in [-0.05, 0) is 36.3 Å². The van der Waals surface area contributed by atoms with Crippen molar-refractivity contribution in [2.45, 2.75) is 44.6 Å². The number of hydrogen-bond donors (Lipinski definition) is 2. The third kappa shape index (κ3) is 2.42. The molecule has 114 valence electrons. The highest BCUT2D eigenvalue weighted by atomic mass is 16.4. The second-order valence-electron chi connectivity index (χ2n) is 7.12. The maximum atomic E-state index is 11.0. The Morgan fingerprint density at radius 2 is 1.81 bits per heavy atom. The summed E-state index contributed by atoms with van der Waals surface area (Å²) in [5, 5.41) is 19.9. The zero-order valence-corrected chi connectivity index (χ0v) is 12.7. The largest absolute Gasteiger partial charge is 0.465 e. The maximum absolute atomic E-state index is 11.0. The van der Waals surface area contributed by atoms with Crippen LogP contribution >= 0.6 is 0 Å². The van der Waals surface area contributed by atoms with E-state index in [1.165, 1.54) is 10.5 Å². The molecular formula is C17H23NO3. The average Bonchev–Trinajstić information content (AvgIpc) is 2.77. The van der Waals surface area contributed by atoms with Gasteiger partial charge in [0.25, 0.3) is 0 Å². The molecular weight excluding hydrogens is 266 g/mol. The minimum atomic E-state index is -0.850. The molecule has 4 heteroatoms. The molecule has 2 fully saturated rings. The normalized spacial score (nSPS) is 27.1. The first-order valence-corrected chi connectivity index (χ1v) is 7.64. The van der Waals surface area contributed by atoms with E-state index in [0.29, 0.717) is 25.4 Å². The van der Waals surface area contributed by atoms with Gasteiger partial charge in [0.05, 0.1) is 5.60 Å². The minimum Gasteiger partial charge on any atom is -0.465 e. The molecule has 1 atom stereocenters. The molecule has 1 amide bonds. The van der Waals surface area contributed by atoms with Crippen molar-refractivity contribution in [1.82, 2.24) is 4.90 Å². The first kappa shape index (κ1) is 14.4. The van der Waals surface area contributed by atoms with E-state index < -0.39 is 11.7 Å². The van der Waals surface area contributed by atoms with Gasteiger partial charge in [-0.2, -0.15) is 0 Å². The Hall–Kier alpha value is -1.55. The van der Waals surface area contributed by atoms with Crippen LogP contribution in [0.2, 0.25) is 0 Å². The Morgan fingerprint density at radius 1 is 1.19 bits per heavy atom.